The molecule has 12 rings (SSSR count). The van der Waals surface area contributed by atoms with Crippen molar-refractivity contribution < 1.29 is 6.85 Å². The van der Waals surface area contributed by atoms with Gasteiger partial charge in [0, 0.05) is 53.3 Å². The Bertz CT molecular complexity index is 3800. The highest BCUT2D eigenvalue weighted by molar-refractivity contribution is 7.26. The van der Waals surface area contributed by atoms with Crippen LogP contribution in [0, 0.1) is 0 Å². The molecule has 0 spiro atoms. The van der Waals surface area contributed by atoms with Crippen molar-refractivity contribution >= 4 is 74.9 Å². The van der Waals surface area contributed by atoms with Crippen molar-refractivity contribution in [3.8, 4) is 51.0 Å². The molecule has 9 aromatic carbocycles. The van der Waals surface area contributed by atoms with Crippen molar-refractivity contribution in [2.75, 3.05) is 0 Å². The van der Waals surface area contributed by atoms with Crippen molar-refractivity contribution in [1.29, 1.82) is 0 Å². The molecule has 12 aromatic rings. The number of para-hydroxylation sites is 2. The normalized spacial score (nSPS) is 13.0. The Balaban J connectivity index is 1.17. The van der Waals surface area contributed by atoms with E-state index in [1.165, 1.54) is 21.5 Å². The SMILES string of the molecule is [2H]c1c([2H])c([2H])c(-c2nc(-c3ccccc3)nc(-c3cc(-n4c5ccccc5c5ccccc54)cc4c3sc3cc(-c5cc6ccccc6c6ccccc56)ccc34)n2)c([2H])c1[2H]. The number of fused-ring (bicyclic) bond motifs is 9. The molecule has 0 aliphatic rings. The number of aromatic nitrogens is 4. The van der Waals surface area contributed by atoms with E-state index in [9.17, 15) is 0 Å². The van der Waals surface area contributed by atoms with Crippen LogP contribution in [-0.4, -0.2) is 19.5 Å². The van der Waals surface area contributed by atoms with Crippen LogP contribution < -0.4 is 0 Å². The van der Waals surface area contributed by atoms with Gasteiger partial charge in [-0.1, -0.05) is 158 Å². The molecule has 0 fully saturated rings. The van der Waals surface area contributed by atoms with E-state index < -0.39 is 18.1 Å². The van der Waals surface area contributed by atoms with Crippen LogP contribution in [0.25, 0.3) is 115 Å². The lowest BCUT2D eigenvalue weighted by molar-refractivity contribution is 1.07. The van der Waals surface area contributed by atoms with Gasteiger partial charge < -0.3 is 4.57 Å². The van der Waals surface area contributed by atoms with E-state index in [-0.39, 0.29) is 23.5 Å². The summed E-state index contributed by atoms with van der Waals surface area (Å²) in [5, 5.41) is 9.15. The van der Waals surface area contributed by atoms with Crippen LogP contribution in [0.1, 0.15) is 6.85 Å². The first-order valence-corrected chi connectivity index (χ1v) is 19.9. The van der Waals surface area contributed by atoms with Gasteiger partial charge in [0.1, 0.15) is 0 Å². The topological polar surface area (TPSA) is 43.6 Å². The molecule has 5 heteroatoms. The fourth-order valence-corrected chi connectivity index (χ4v) is 9.74. The lowest BCUT2D eigenvalue weighted by Gasteiger charge is -2.13. The molecular formula is C53H32N4S. The zero-order valence-corrected chi connectivity index (χ0v) is 31.6. The summed E-state index contributed by atoms with van der Waals surface area (Å²) in [6, 6.07) is 54.6. The van der Waals surface area contributed by atoms with Gasteiger partial charge in [-0.2, -0.15) is 0 Å². The summed E-state index contributed by atoms with van der Waals surface area (Å²) >= 11 is 1.66. The van der Waals surface area contributed by atoms with Gasteiger partial charge >= 0.3 is 0 Å². The third-order valence-corrected chi connectivity index (χ3v) is 12.3. The molecule has 0 aliphatic carbocycles. The molecule has 4 nitrogen and oxygen atoms in total. The van der Waals surface area contributed by atoms with Crippen LogP contribution >= 0.6 is 11.3 Å². The minimum Gasteiger partial charge on any atom is -0.309 e. The molecule has 0 aliphatic heterocycles. The van der Waals surface area contributed by atoms with Crippen molar-refractivity contribution in [3.63, 3.8) is 0 Å². The van der Waals surface area contributed by atoms with Gasteiger partial charge in [-0.05, 0) is 69.1 Å². The van der Waals surface area contributed by atoms with Gasteiger partial charge in [0.15, 0.2) is 17.5 Å². The summed E-state index contributed by atoms with van der Waals surface area (Å²) in [7, 11) is 0. The number of hydrogen-bond acceptors (Lipinski definition) is 4. The van der Waals surface area contributed by atoms with E-state index in [1.807, 2.05) is 30.3 Å². The van der Waals surface area contributed by atoms with E-state index in [2.05, 4.69) is 138 Å². The van der Waals surface area contributed by atoms with Crippen LogP contribution in [-0.2, 0) is 0 Å². The molecular weight excluding hydrogens is 725 g/mol. The Kier molecular flexibility index (Phi) is 6.30. The molecule has 0 saturated heterocycles. The van der Waals surface area contributed by atoms with Crippen LogP contribution in [0.4, 0.5) is 0 Å². The molecule has 0 amide bonds. The smallest absolute Gasteiger partial charge is 0.165 e. The zero-order chi connectivity index (χ0) is 42.5. The van der Waals surface area contributed by atoms with Gasteiger partial charge in [-0.3, -0.25) is 0 Å². The summed E-state index contributed by atoms with van der Waals surface area (Å²) in [6.45, 7) is 0. The minimum atomic E-state index is -0.478. The number of nitrogens with zero attached hydrogens (tertiary/aromatic N) is 4. The van der Waals surface area contributed by atoms with Crippen LogP contribution in [0.3, 0.4) is 0 Å². The number of hydrogen-bond donors (Lipinski definition) is 0. The molecule has 0 radical (unpaired) electrons. The van der Waals surface area contributed by atoms with Crippen molar-refractivity contribution in [2.45, 2.75) is 0 Å². The van der Waals surface area contributed by atoms with E-state index in [0.717, 1.165) is 64.4 Å². The molecule has 0 atom stereocenters. The van der Waals surface area contributed by atoms with Crippen molar-refractivity contribution in [3.05, 3.63) is 194 Å². The maximum absolute atomic E-state index is 8.92. The fraction of sp³-hybridized carbons (Fsp3) is 0. The predicted octanol–water partition coefficient (Wildman–Crippen LogP) is 14.3. The highest BCUT2D eigenvalue weighted by atomic mass is 32.1. The third-order valence-electron chi connectivity index (χ3n) is 11.1. The molecule has 0 N–H and O–H groups in total. The Labute approximate surface area is 345 Å². The number of benzene rings is 9. The molecule has 58 heavy (non-hydrogen) atoms. The van der Waals surface area contributed by atoms with Crippen molar-refractivity contribution in [2.24, 2.45) is 0 Å². The largest absolute Gasteiger partial charge is 0.309 e. The Morgan fingerprint density at radius 3 is 1.79 bits per heavy atom. The van der Waals surface area contributed by atoms with Gasteiger partial charge in [0.2, 0.25) is 0 Å². The highest BCUT2D eigenvalue weighted by Gasteiger charge is 2.21. The Hall–Kier alpha value is -7.47. The van der Waals surface area contributed by atoms with Gasteiger partial charge in [0.25, 0.3) is 0 Å². The molecule has 270 valence electrons. The second-order valence-electron chi connectivity index (χ2n) is 14.4. The predicted molar refractivity (Wildman–Crippen MR) is 244 cm³/mol. The third kappa shape index (κ3) is 5.18. The molecule has 3 heterocycles. The first-order chi connectivity index (χ1) is 30.8. The van der Waals surface area contributed by atoms with Crippen molar-refractivity contribution in [1.82, 2.24) is 19.5 Å². The first-order valence-electron chi connectivity index (χ1n) is 21.6. The number of rotatable bonds is 5. The van der Waals surface area contributed by atoms with Crippen LogP contribution in [0.5, 0.6) is 0 Å². The molecule has 0 unspecified atom stereocenters. The molecule has 0 bridgehead atoms. The highest BCUT2D eigenvalue weighted by Crippen LogP contribution is 2.45. The lowest BCUT2D eigenvalue weighted by atomic mass is 9.93. The Morgan fingerprint density at radius 1 is 0.414 bits per heavy atom. The standard InChI is InChI=1S/C53H32N4S/c1-3-15-33(16-4-1)51-54-52(34-17-5-2-6-18-34)56-53(55-51)46-32-37(57-47-25-13-11-23-41(47)42-24-12-14-26-48(42)57)31-45-43-28-27-36(30-49(43)58-50(45)46)44-29-35-19-7-8-20-38(35)39-21-9-10-22-40(39)44/h1-32H/i1D,3D,4D,15D,16D. The monoisotopic (exact) mass is 761 g/mol. The zero-order valence-electron chi connectivity index (χ0n) is 35.8. The summed E-state index contributed by atoms with van der Waals surface area (Å²) < 4.78 is 47.5. The van der Waals surface area contributed by atoms with E-state index in [0.29, 0.717) is 17.2 Å². The summed E-state index contributed by atoms with van der Waals surface area (Å²) in [5.41, 5.74) is 6.62. The van der Waals surface area contributed by atoms with Gasteiger partial charge in [-0.15, -0.1) is 11.3 Å². The quantitative estimate of drug-likeness (QED) is 0.164. The second kappa shape index (κ2) is 13.1. The fourth-order valence-electron chi connectivity index (χ4n) is 8.51. The maximum atomic E-state index is 8.92. The van der Waals surface area contributed by atoms with Crippen LogP contribution in [0.15, 0.2) is 194 Å². The van der Waals surface area contributed by atoms with E-state index in [1.54, 1.807) is 11.3 Å². The van der Waals surface area contributed by atoms with E-state index >= 15 is 0 Å². The summed E-state index contributed by atoms with van der Waals surface area (Å²) in [4.78, 5) is 15.0. The lowest BCUT2D eigenvalue weighted by Crippen LogP contribution is -2.01. The Morgan fingerprint density at radius 2 is 1.03 bits per heavy atom. The minimum absolute atomic E-state index is 0.00199. The van der Waals surface area contributed by atoms with E-state index in [4.69, 9.17) is 21.8 Å². The summed E-state index contributed by atoms with van der Waals surface area (Å²) in [5.74, 6) is 0.646. The molecule has 0 saturated carbocycles. The number of thiophene rings is 1. The molecule has 3 aromatic heterocycles. The first kappa shape index (κ1) is 28.0. The summed E-state index contributed by atoms with van der Waals surface area (Å²) in [6.07, 6.45) is 0. The van der Waals surface area contributed by atoms with Gasteiger partial charge in [-0.25, -0.2) is 15.0 Å². The van der Waals surface area contributed by atoms with Crippen LogP contribution in [0.2, 0.25) is 0 Å². The average Bonchev–Trinajstić information content (AvgIpc) is 3.88. The van der Waals surface area contributed by atoms with Gasteiger partial charge in [0.05, 0.1) is 17.9 Å². The maximum Gasteiger partial charge on any atom is 0.165 e. The second-order valence-corrected chi connectivity index (χ2v) is 15.5. The average molecular weight is 762 g/mol.